The number of nitrogens with zero attached hydrogens (tertiary/aromatic N) is 2. The summed E-state index contributed by atoms with van der Waals surface area (Å²) in [5, 5.41) is 0. The Hall–Kier alpha value is -3.07. The van der Waals surface area contributed by atoms with E-state index in [1.165, 1.54) is 16.6 Å². The lowest BCUT2D eigenvalue weighted by Crippen LogP contribution is -2.06. The maximum atomic E-state index is 5.92. The second-order valence-corrected chi connectivity index (χ2v) is 6.96. The Morgan fingerprint density at radius 2 is 1.67 bits per heavy atom. The maximum Gasteiger partial charge on any atom is 0.141 e. The molecule has 1 aromatic heterocycles. The van der Waals surface area contributed by atoms with Crippen LogP contribution in [0.15, 0.2) is 72.8 Å². The van der Waals surface area contributed by atoms with Crippen LogP contribution in [0.5, 0.6) is 5.75 Å². The number of hydrogen-bond acceptors (Lipinski definition) is 2. The number of aryl methyl sites for hydroxylation is 3. The van der Waals surface area contributed by atoms with E-state index in [0.29, 0.717) is 6.61 Å². The van der Waals surface area contributed by atoms with Crippen LogP contribution in [0.4, 0.5) is 0 Å². The SMILES string of the molecule is Cc1ccc(-c2nc3ccccc3n2CCCOc2cccc(C)c2)cc1. The molecule has 4 aromatic rings. The topological polar surface area (TPSA) is 27.1 Å². The zero-order chi connectivity index (χ0) is 18.6. The second kappa shape index (κ2) is 7.67. The van der Waals surface area contributed by atoms with Gasteiger partial charge in [0, 0.05) is 12.1 Å². The van der Waals surface area contributed by atoms with Gasteiger partial charge in [0.15, 0.2) is 0 Å². The van der Waals surface area contributed by atoms with E-state index in [4.69, 9.17) is 9.72 Å². The van der Waals surface area contributed by atoms with E-state index in [1.807, 2.05) is 18.2 Å². The summed E-state index contributed by atoms with van der Waals surface area (Å²) < 4.78 is 8.23. The highest BCUT2D eigenvalue weighted by molar-refractivity contribution is 5.80. The summed E-state index contributed by atoms with van der Waals surface area (Å²) in [6.45, 7) is 5.74. The first-order valence-electron chi connectivity index (χ1n) is 9.42. The Balaban J connectivity index is 1.55. The van der Waals surface area contributed by atoms with Crippen LogP contribution in [0, 0.1) is 13.8 Å². The molecule has 0 unspecified atom stereocenters. The molecule has 27 heavy (non-hydrogen) atoms. The summed E-state index contributed by atoms with van der Waals surface area (Å²) in [7, 11) is 0. The minimum absolute atomic E-state index is 0.684. The third-order valence-corrected chi connectivity index (χ3v) is 4.75. The van der Waals surface area contributed by atoms with E-state index in [1.54, 1.807) is 0 Å². The highest BCUT2D eigenvalue weighted by Crippen LogP contribution is 2.25. The fraction of sp³-hybridized carbons (Fsp3) is 0.208. The number of hydrogen-bond donors (Lipinski definition) is 0. The normalized spacial score (nSPS) is 11.0. The van der Waals surface area contributed by atoms with Gasteiger partial charge in [0.05, 0.1) is 17.6 Å². The Morgan fingerprint density at radius 1 is 0.852 bits per heavy atom. The van der Waals surface area contributed by atoms with Gasteiger partial charge in [-0.2, -0.15) is 0 Å². The molecule has 136 valence electrons. The van der Waals surface area contributed by atoms with Gasteiger partial charge in [0.25, 0.3) is 0 Å². The number of imidazole rings is 1. The van der Waals surface area contributed by atoms with E-state index in [-0.39, 0.29) is 0 Å². The third-order valence-electron chi connectivity index (χ3n) is 4.75. The van der Waals surface area contributed by atoms with Crippen molar-refractivity contribution in [1.82, 2.24) is 9.55 Å². The van der Waals surface area contributed by atoms with Gasteiger partial charge in [-0.05, 0) is 50.1 Å². The Bertz CT molecular complexity index is 1050. The van der Waals surface area contributed by atoms with Crippen molar-refractivity contribution in [2.45, 2.75) is 26.8 Å². The number of rotatable bonds is 6. The molecule has 3 heteroatoms. The van der Waals surface area contributed by atoms with Crippen LogP contribution < -0.4 is 4.74 Å². The lowest BCUT2D eigenvalue weighted by atomic mass is 10.1. The summed E-state index contributed by atoms with van der Waals surface area (Å²) in [6, 6.07) is 25.1. The van der Waals surface area contributed by atoms with Crippen molar-refractivity contribution >= 4 is 11.0 Å². The quantitative estimate of drug-likeness (QED) is 0.409. The minimum Gasteiger partial charge on any atom is -0.494 e. The van der Waals surface area contributed by atoms with E-state index >= 15 is 0 Å². The van der Waals surface area contributed by atoms with Gasteiger partial charge in [-0.15, -0.1) is 0 Å². The summed E-state index contributed by atoms with van der Waals surface area (Å²) >= 11 is 0. The molecule has 0 saturated heterocycles. The van der Waals surface area contributed by atoms with Crippen molar-refractivity contribution in [2.24, 2.45) is 0 Å². The zero-order valence-corrected chi connectivity index (χ0v) is 15.9. The molecule has 3 aromatic carbocycles. The smallest absolute Gasteiger partial charge is 0.141 e. The monoisotopic (exact) mass is 356 g/mol. The summed E-state index contributed by atoms with van der Waals surface area (Å²) in [4.78, 5) is 4.88. The molecule has 1 heterocycles. The molecule has 4 rings (SSSR count). The zero-order valence-electron chi connectivity index (χ0n) is 15.9. The largest absolute Gasteiger partial charge is 0.494 e. The van der Waals surface area contributed by atoms with Crippen molar-refractivity contribution in [3.8, 4) is 17.1 Å². The highest BCUT2D eigenvalue weighted by atomic mass is 16.5. The van der Waals surface area contributed by atoms with Gasteiger partial charge in [0.2, 0.25) is 0 Å². The molecule has 0 aliphatic rings. The van der Waals surface area contributed by atoms with Crippen molar-refractivity contribution < 1.29 is 4.74 Å². The number of benzene rings is 3. The van der Waals surface area contributed by atoms with E-state index in [9.17, 15) is 0 Å². The second-order valence-electron chi connectivity index (χ2n) is 6.96. The van der Waals surface area contributed by atoms with Gasteiger partial charge in [0.1, 0.15) is 11.6 Å². The standard InChI is InChI=1S/C24H24N2O/c1-18-11-13-20(14-12-18)24-25-22-9-3-4-10-23(22)26(24)15-6-16-27-21-8-5-7-19(2)17-21/h3-5,7-14,17H,6,15-16H2,1-2H3. The molecule has 0 aliphatic heterocycles. The predicted octanol–water partition coefficient (Wildman–Crippen LogP) is 5.79. The molecule has 0 atom stereocenters. The van der Waals surface area contributed by atoms with Crippen molar-refractivity contribution in [3.63, 3.8) is 0 Å². The Morgan fingerprint density at radius 3 is 2.48 bits per heavy atom. The number of para-hydroxylation sites is 2. The average Bonchev–Trinajstić information content (AvgIpc) is 3.04. The van der Waals surface area contributed by atoms with Crippen LogP contribution in [0.1, 0.15) is 17.5 Å². The van der Waals surface area contributed by atoms with Crippen molar-refractivity contribution in [3.05, 3.63) is 83.9 Å². The average molecular weight is 356 g/mol. The molecular formula is C24H24N2O. The Kier molecular flexibility index (Phi) is 4.93. The van der Waals surface area contributed by atoms with Gasteiger partial charge in [-0.3, -0.25) is 0 Å². The van der Waals surface area contributed by atoms with Crippen LogP contribution in [0.25, 0.3) is 22.4 Å². The van der Waals surface area contributed by atoms with Crippen LogP contribution in [0.3, 0.4) is 0 Å². The molecule has 0 saturated carbocycles. The first-order valence-corrected chi connectivity index (χ1v) is 9.42. The molecule has 3 nitrogen and oxygen atoms in total. The van der Waals surface area contributed by atoms with Crippen molar-refractivity contribution in [2.75, 3.05) is 6.61 Å². The molecule has 0 N–H and O–H groups in total. The van der Waals surface area contributed by atoms with Crippen molar-refractivity contribution in [1.29, 1.82) is 0 Å². The first kappa shape index (κ1) is 17.3. The van der Waals surface area contributed by atoms with Gasteiger partial charge < -0.3 is 9.30 Å². The maximum absolute atomic E-state index is 5.92. The molecular weight excluding hydrogens is 332 g/mol. The third kappa shape index (κ3) is 3.87. The molecule has 0 aliphatic carbocycles. The van der Waals surface area contributed by atoms with Crippen LogP contribution in [-0.4, -0.2) is 16.2 Å². The fourth-order valence-electron chi connectivity index (χ4n) is 3.34. The highest BCUT2D eigenvalue weighted by Gasteiger charge is 2.12. The first-order chi connectivity index (χ1) is 13.2. The molecule has 0 fully saturated rings. The van der Waals surface area contributed by atoms with Crippen LogP contribution in [0.2, 0.25) is 0 Å². The van der Waals surface area contributed by atoms with E-state index in [2.05, 4.69) is 73.0 Å². The number of ether oxygens (including phenoxy) is 1. The van der Waals surface area contributed by atoms with E-state index < -0.39 is 0 Å². The molecule has 0 amide bonds. The molecule has 0 bridgehead atoms. The van der Waals surface area contributed by atoms with Crippen LogP contribution in [-0.2, 0) is 6.54 Å². The molecule has 0 radical (unpaired) electrons. The number of aromatic nitrogens is 2. The summed E-state index contributed by atoms with van der Waals surface area (Å²) in [6.07, 6.45) is 0.924. The number of fused-ring (bicyclic) bond motifs is 1. The van der Waals surface area contributed by atoms with Crippen LogP contribution >= 0.6 is 0 Å². The van der Waals surface area contributed by atoms with Gasteiger partial charge in [-0.25, -0.2) is 4.98 Å². The predicted molar refractivity (Wildman–Crippen MR) is 111 cm³/mol. The lowest BCUT2D eigenvalue weighted by molar-refractivity contribution is 0.302. The summed E-state index contributed by atoms with van der Waals surface area (Å²) in [5.74, 6) is 1.95. The minimum atomic E-state index is 0.684. The Labute approximate surface area is 160 Å². The summed E-state index contributed by atoms with van der Waals surface area (Å²) in [5.41, 5.74) is 5.83. The molecule has 0 spiro atoms. The van der Waals surface area contributed by atoms with E-state index in [0.717, 1.165) is 35.6 Å². The van der Waals surface area contributed by atoms with Gasteiger partial charge >= 0.3 is 0 Å². The lowest BCUT2D eigenvalue weighted by Gasteiger charge is -2.11. The van der Waals surface area contributed by atoms with Gasteiger partial charge in [-0.1, -0.05) is 54.1 Å². The fourth-order valence-corrected chi connectivity index (χ4v) is 3.34.